The highest BCUT2D eigenvalue weighted by Gasteiger charge is 2.19. The number of hydrogen-bond donors (Lipinski definition) is 1. The smallest absolute Gasteiger partial charge is 0.108 e. The quantitative estimate of drug-likeness (QED) is 0.780. The minimum atomic E-state index is -0.410. The third-order valence-electron chi connectivity index (χ3n) is 2.32. The highest BCUT2D eigenvalue weighted by molar-refractivity contribution is 5.18. The van der Waals surface area contributed by atoms with E-state index in [1.54, 1.807) is 7.11 Å². The Morgan fingerprint density at radius 1 is 1.29 bits per heavy atom. The molecule has 0 aromatic heterocycles. The van der Waals surface area contributed by atoms with Gasteiger partial charge in [0, 0.05) is 7.11 Å². The van der Waals surface area contributed by atoms with Crippen molar-refractivity contribution in [2.45, 2.75) is 32.0 Å². The first-order valence-corrected chi connectivity index (χ1v) is 5.05. The lowest BCUT2D eigenvalue weighted by Gasteiger charge is -2.21. The minimum Gasteiger partial charge on any atom is -0.390 e. The highest BCUT2D eigenvalue weighted by atomic mass is 16.5. The molecule has 0 saturated carbocycles. The van der Waals surface area contributed by atoms with Gasteiger partial charge < -0.3 is 9.84 Å². The molecule has 0 radical (unpaired) electrons. The Morgan fingerprint density at radius 2 is 1.93 bits per heavy atom. The Bertz CT molecular complexity index is 246. The molecule has 0 saturated heterocycles. The van der Waals surface area contributed by atoms with E-state index in [1.807, 2.05) is 30.3 Å². The van der Waals surface area contributed by atoms with Gasteiger partial charge in [0.25, 0.3) is 0 Å². The van der Waals surface area contributed by atoms with E-state index in [2.05, 4.69) is 6.92 Å². The molecule has 0 aliphatic rings. The normalized spacial score (nSPS) is 15.1. The molecule has 0 fully saturated rings. The Kier molecular flexibility index (Phi) is 4.63. The molecule has 0 aliphatic carbocycles. The van der Waals surface area contributed by atoms with Crippen LogP contribution in [0.4, 0.5) is 0 Å². The van der Waals surface area contributed by atoms with E-state index in [9.17, 15) is 5.11 Å². The highest BCUT2D eigenvalue weighted by Crippen LogP contribution is 2.22. The third-order valence-corrected chi connectivity index (χ3v) is 2.32. The van der Waals surface area contributed by atoms with E-state index < -0.39 is 6.10 Å². The molecule has 78 valence electrons. The van der Waals surface area contributed by atoms with Gasteiger partial charge in [-0.05, 0) is 12.0 Å². The SMILES string of the molecule is CCCC(O)C(OC)c1ccccc1. The van der Waals surface area contributed by atoms with Crippen LogP contribution in [-0.4, -0.2) is 18.3 Å². The summed E-state index contributed by atoms with van der Waals surface area (Å²) in [5, 5.41) is 9.84. The Morgan fingerprint density at radius 3 is 2.43 bits per heavy atom. The van der Waals surface area contributed by atoms with Gasteiger partial charge in [-0.3, -0.25) is 0 Å². The summed E-state index contributed by atoms with van der Waals surface area (Å²) in [5.41, 5.74) is 1.04. The van der Waals surface area contributed by atoms with Crippen LogP contribution in [0.2, 0.25) is 0 Å². The first-order valence-electron chi connectivity index (χ1n) is 5.05. The van der Waals surface area contributed by atoms with Crippen molar-refractivity contribution in [1.82, 2.24) is 0 Å². The number of aliphatic hydroxyl groups excluding tert-OH is 1. The molecule has 2 atom stereocenters. The number of aliphatic hydroxyl groups is 1. The zero-order valence-corrected chi connectivity index (χ0v) is 8.81. The molecular weight excluding hydrogens is 176 g/mol. The van der Waals surface area contributed by atoms with Crippen LogP contribution >= 0.6 is 0 Å². The zero-order chi connectivity index (χ0) is 10.4. The fourth-order valence-corrected chi connectivity index (χ4v) is 1.61. The minimum absolute atomic E-state index is 0.198. The van der Waals surface area contributed by atoms with Crippen molar-refractivity contribution in [2.75, 3.05) is 7.11 Å². The number of methoxy groups -OCH3 is 1. The second kappa shape index (κ2) is 5.78. The molecule has 14 heavy (non-hydrogen) atoms. The molecular formula is C12H18O2. The summed E-state index contributed by atoms with van der Waals surface area (Å²) >= 11 is 0. The van der Waals surface area contributed by atoms with Gasteiger partial charge in [-0.15, -0.1) is 0 Å². The molecule has 1 rings (SSSR count). The lowest BCUT2D eigenvalue weighted by Crippen LogP contribution is -2.19. The van der Waals surface area contributed by atoms with Crippen LogP contribution in [0.1, 0.15) is 31.4 Å². The summed E-state index contributed by atoms with van der Waals surface area (Å²) in [7, 11) is 1.64. The van der Waals surface area contributed by atoms with Crippen LogP contribution in [0.25, 0.3) is 0 Å². The second-order valence-electron chi connectivity index (χ2n) is 3.42. The first kappa shape index (κ1) is 11.2. The van der Waals surface area contributed by atoms with Crippen LogP contribution in [0, 0.1) is 0 Å². The van der Waals surface area contributed by atoms with Crippen LogP contribution < -0.4 is 0 Å². The monoisotopic (exact) mass is 194 g/mol. The molecule has 1 aromatic rings. The largest absolute Gasteiger partial charge is 0.390 e. The molecule has 0 aliphatic heterocycles. The maximum atomic E-state index is 9.84. The maximum absolute atomic E-state index is 9.84. The van der Waals surface area contributed by atoms with Crippen molar-refractivity contribution in [3.05, 3.63) is 35.9 Å². The Labute approximate surface area is 85.5 Å². The summed E-state index contributed by atoms with van der Waals surface area (Å²) in [6.45, 7) is 2.06. The summed E-state index contributed by atoms with van der Waals surface area (Å²) in [6.07, 6.45) is 1.13. The molecule has 2 heteroatoms. The fourth-order valence-electron chi connectivity index (χ4n) is 1.61. The molecule has 2 unspecified atom stereocenters. The molecule has 0 heterocycles. The van der Waals surface area contributed by atoms with Crippen molar-refractivity contribution in [3.63, 3.8) is 0 Å². The van der Waals surface area contributed by atoms with Crippen LogP contribution in [0.3, 0.4) is 0 Å². The van der Waals surface area contributed by atoms with Gasteiger partial charge in [-0.1, -0.05) is 43.7 Å². The van der Waals surface area contributed by atoms with Gasteiger partial charge in [-0.2, -0.15) is 0 Å². The average Bonchev–Trinajstić information content (AvgIpc) is 2.21. The number of rotatable bonds is 5. The molecule has 0 bridgehead atoms. The summed E-state index contributed by atoms with van der Waals surface area (Å²) in [6, 6.07) is 9.84. The topological polar surface area (TPSA) is 29.5 Å². The molecule has 0 spiro atoms. The fraction of sp³-hybridized carbons (Fsp3) is 0.500. The van der Waals surface area contributed by atoms with E-state index in [4.69, 9.17) is 4.74 Å². The third kappa shape index (κ3) is 2.82. The van der Waals surface area contributed by atoms with Gasteiger partial charge in [-0.25, -0.2) is 0 Å². The lowest BCUT2D eigenvalue weighted by atomic mass is 10.0. The van der Waals surface area contributed by atoms with E-state index >= 15 is 0 Å². The van der Waals surface area contributed by atoms with Gasteiger partial charge in [0.15, 0.2) is 0 Å². The Balaban J connectivity index is 2.71. The molecule has 0 amide bonds. The van der Waals surface area contributed by atoms with Crippen molar-refractivity contribution in [2.24, 2.45) is 0 Å². The standard InChI is InChI=1S/C12H18O2/c1-3-7-11(13)12(14-2)10-8-5-4-6-9-10/h4-6,8-9,11-13H,3,7H2,1-2H3. The lowest BCUT2D eigenvalue weighted by molar-refractivity contribution is -0.0175. The molecule has 2 nitrogen and oxygen atoms in total. The predicted molar refractivity (Wildman–Crippen MR) is 57.1 cm³/mol. The van der Waals surface area contributed by atoms with Gasteiger partial charge >= 0.3 is 0 Å². The van der Waals surface area contributed by atoms with Crippen molar-refractivity contribution >= 4 is 0 Å². The average molecular weight is 194 g/mol. The van der Waals surface area contributed by atoms with Gasteiger partial charge in [0.1, 0.15) is 6.10 Å². The number of benzene rings is 1. The van der Waals surface area contributed by atoms with Gasteiger partial charge in [0.05, 0.1) is 6.10 Å². The van der Waals surface area contributed by atoms with Crippen LogP contribution in [0.5, 0.6) is 0 Å². The summed E-state index contributed by atoms with van der Waals surface area (Å²) in [5.74, 6) is 0. The van der Waals surface area contributed by atoms with Crippen molar-refractivity contribution in [3.8, 4) is 0 Å². The maximum Gasteiger partial charge on any atom is 0.108 e. The van der Waals surface area contributed by atoms with E-state index in [-0.39, 0.29) is 6.10 Å². The first-order chi connectivity index (χ1) is 6.79. The van der Waals surface area contributed by atoms with Crippen LogP contribution in [-0.2, 0) is 4.74 Å². The van der Waals surface area contributed by atoms with E-state index in [0.29, 0.717) is 0 Å². The Hall–Kier alpha value is -0.860. The molecule has 1 N–H and O–H groups in total. The predicted octanol–water partition coefficient (Wildman–Crippen LogP) is 2.54. The van der Waals surface area contributed by atoms with Crippen LogP contribution in [0.15, 0.2) is 30.3 Å². The number of hydrogen-bond acceptors (Lipinski definition) is 2. The second-order valence-corrected chi connectivity index (χ2v) is 3.42. The molecule has 1 aromatic carbocycles. The van der Waals surface area contributed by atoms with Crippen molar-refractivity contribution in [1.29, 1.82) is 0 Å². The van der Waals surface area contributed by atoms with Gasteiger partial charge in [0.2, 0.25) is 0 Å². The number of ether oxygens (including phenoxy) is 1. The zero-order valence-electron chi connectivity index (χ0n) is 8.81. The summed E-state index contributed by atoms with van der Waals surface area (Å²) < 4.78 is 5.30. The van der Waals surface area contributed by atoms with Crippen molar-refractivity contribution < 1.29 is 9.84 Å². The van der Waals surface area contributed by atoms with E-state index in [0.717, 1.165) is 18.4 Å². The summed E-state index contributed by atoms with van der Waals surface area (Å²) in [4.78, 5) is 0. The van der Waals surface area contributed by atoms with E-state index in [1.165, 1.54) is 0 Å².